The SMILES string of the molecule is Oc1cc(-c2nn[nH]n2)ccc1Oc1ccc(Cl)cc1Cl. The summed E-state index contributed by atoms with van der Waals surface area (Å²) in [6, 6.07) is 9.59. The topological polar surface area (TPSA) is 83.9 Å². The van der Waals surface area contributed by atoms with Crippen LogP contribution in [0.2, 0.25) is 10.0 Å². The van der Waals surface area contributed by atoms with Crippen LogP contribution in [0.4, 0.5) is 0 Å². The highest BCUT2D eigenvalue weighted by molar-refractivity contribution is 6.35. The zero-order valence-electron chi connectivity index (χ0n) is 10.4. The first kappa shape index (κ1) is 13.7. The van der Waals surface area contributed by atoms with Crippen LogP contribution in [0.25, 0.3) is 11.4 Å². The van der Waals surface area contributed by atoms with Gasteiger partial charge in [0.1, 0.15) is 5.75 Å². The molecule has 0 bridgehead atoms. The Morgan fingerprint density at radius 1 is 1.05 bits per heavy atom. The number of aromatic nitrogens is 4. The number of H-pyrrole nitrogens is 1. The second kappa shape index (κ2) is 5.59. The van der Waals surface area contributed by atoms with Crippen LogP contribution in [-0.2, 0) is 0 Å². The first-order valence-electron chi connectivity index (χ1n) is 5.83. The molecule has 0 aliphatic heterocycles. The third kappa shape index (κ3) is 2.91. The zero-order valence-corrected chi connectivity index (χ0v) is 11.9. The lowest BCUT2D eigenvalue weighted by Gasteiger charge is -2.09. The number of halogens is 2. The maximum Gasteiger partial charge on any atom is 0.204 e. The number of benzene rings is 2. The molecule has 2 N–H and O–H groups in total. The molecule has 0 saturated heterocycles. The average Bonchev–Trinajstić information content (AvgIpc) is 2.98. The molecule has 3 aromatic rings. The second-order valence-electron chi connectivity index (χ2n) is 4.09. The van der Waals surface area contributed by atoms with Crippen molar-refractivity contribution in [3.63, 3.8) is 0 Å². The molecule has 0 unspecified atom stereocenters. The van der Waals surface area contributed by atoms with Gasteiger partial charge in [-0.05, 0) is 41.6 Å². The number of hydrogen-bond donors (Lipinski definition) is 2. The molecule has 106 valence electrons. The predicted molar refractivity (Wildman–Crippen MR) is 77.8 cm³/mol. The van der Waals surface area contributed by atoms with E-state index in [2.05, 4.69) is 20.6 Å². The number of hydrogen-bond acceptors (Lipinski definition) is 5. The van der Waals surface area contributed by atoms with E-state index in [0.29, 0.717) is 27.2 Å². The molecular weight excluding hydrogens is 315 g/mol. The summed E-state index contributed by atoms with van der Waals surface area (Å²) in [4.78, 5) is 0. The third-order valence-electron chi connectivity index (χ3n) is 2.68. The number of ether oxygens (including phenoxy) is 1. The van der Waals surface area contributed by atoms with Crippen molar-refractivity contribution in [3.8, 4) is 28.6 Å². The van der Waals surface area contributed by atoms with Crippen LogP contribution in [0.15, 0.2) is 36.4 Å². The number of nitrogens with one attached hydrogen (secondary N) is 1. The molecular formula is C13H8Cl2N4O2. The molecule has 3 rings (SSSR count). The van der Waals surface area contributed by atoms with Gasteiger partial charge in [-0.25, -0.2) is 0 Å². The molecule has 0 aliphatic carbocycles. The summed E-state index contributed by atoms with van der Waals surface area (Å²) in [7, 11) is 0. The van der Waals surface area contributed by atoms with E-state index in [0.717, 1.165) is 0 Å². The number of phenols is 1. The maximum atomic E-state index is 10.0. The highest BCUT2D eigenvalue weighted by Crippen LogP contribution is 2.37. The minimum absolute atomic E-state index is 0.0664. The molecule has 0 fully saturated rings. The number of nitrogens with zero attached hydrogens (tertiary/aromatic N) is 3. The smallest absolute Gasteiger partial charge is 0.204 e. The van der Waals surface area contributed by atoms with Crippen molar-refractivity contribution in [2.75, 3.05) is 0 Å². The fraction of sp³-hybridized carbons (Fsp3) is 0. The zero-order chi connectivity index (χ0) is 14.8. The van der Waals surface area contributed by atoms with Gasteiger partial charge in [0.05, 0.1) is 5.02 Å². The van der Waals surface area contributed by atoms with Crippen LogP contribution in [0.5, 0.6) is 17.2 Å². The van der Waals surface area contributed by atoms with E-state index in [1.165, 1.54) is 6.07 Å². The van der Waals surface area contributed by atoms with Gasteiger partial charge in [-0.15, -0.1) is 10.2 Å². The lowest BCUT2D eigenvalue weighted by atomic mass is 10.2. The fourth-order valence-corrected chi connectivity index (χ4v) is 2.15. The predicted octanol–water partition coefficient (Wildman–Crippen LogP) is 3.67. The lowest BCUT2D eigenvalue weighted by Crippen LogP contribution is -1.88. The summed E-state index contributed by atoms with van der Waals surface area (Å²) >= 11 is 11.8. The summed E-state index contributed by atoms with van der Waals surface area (Å²) < 4.78 is 5.56. The number of rotatable bonds is 3. The molecule has 8 heteroatoms. The molecule has 1 heterocycles. The van der Waals surface area contributed by atoms with Crippen LogP contribution in [0.1, 0.15) is 0 Å². The van der Waals surface area contributed by atoms with Gasteiger partial charge in [-0.2, -0.15) is 5.21 Å². The van der Waals surface area contributed by atoms with Crippen molar-refractivity contribution in [3.05, 3.63) is 46.4 Å². The van der Waals surface area contributed by atoms with Crippen molar-refractivity contribution in [2.24, 2.45) is 0 Å². The van der Waals surface area contributed by atoms with Crippen molar-refractivity contribution in [1.29, 1.82) is 0 Å². The first-order chi connectivity index (χ1) is 10.1. The normalized spacial score (nSPS) is 10.6. The second-order valence-corrected chi connectivity index (χ2v) is 4.94. The molecule has 1 aromatic heterocycles. The van der Waals surface area contributed by atoms with Gasteiger partial charge in [0.2, 0.25) is 5.82 Å². The first-order valence-corrected chi connectivity index (χ1v) is 6.59. The van der Waals surface area contributed by atoms with Gasteiger partial charge in [0.15, 0.2) is 11.5 Å². The quantitative estimate of drug-likeness (QED) is 0.768. The Labute approximate surface area is 129 Å². The molecule has 2 aromatic carbocycles. The standard InChI is InChI=1S/C13H8Cl2N4O2/c14-8-2-4-11(9(15)6-8)21-12-3-1-7(5-10(12)20)13-16-18-19-17-13/h1-6,20H,(H,16,17,18,19). The minimum Gasteiger partial charge on any atom is -0.504 e. The van der Waals surface area contributed by atoms with Gasteiger partial charge >= 0.3 is 0 Å². The number of phenolic OH excluding ortho intramolecular Hbond substituents is 1. The van der Waals surface area contributed by atoms with E-state index in [-0.39, 0.29) is 11.5 Å². The number of tetrazole rings is 1. The fourth-order valence-electron chi connectivity index (χ4n) is 1.70. The largest absolute Gasteiger partial charge is 0.504 e. The van der Waals surface area contributed by atoms with Crippen LogP contribution in [0, 0.1) is 0 Å². The molecule has 0 saturated carbocycles. The van der Waals surface area contributed by atoms with Crippen LogP contribution < -0.4 is 4.74 Å². The highest BCUT2D eigenvalue weighted by Gasteiger charge is 2.11. The molecule has 0 amide bonds. The van der Waals surface area contributed by atoms with E-state index in [1.807, 2.05) is 0 Å². The Morgan fingerprint density at radius 3 is 2.52 bits per heavy atom. The Kier molecular flexibility index (Phi) is 3.64. The molecule has 0 aliphatic rings. The maximum absolute atomic E-state index is 10.0. The van der Waals surface area contributed by atoms with Crippen molar-refractivity contribution >= 4 is 23.2 Å². The van der Waals surface area contributed by atoms with Crippen molar-refractivity contribution < 1.29 is 9.84 Å². The highest BCUT2D eigenvalue weighted by atomic mass is 35.5. The van der Waals surface area contributed by atoms with Gasteiger partial charge in [0.25, 0.3) is 0 Å². The van der Waals surface area contributed by atoms with Gasteiger partial charge < -0.3 is 9.84 Å². The van der Waals surface area contributed by atoms with Gasteiger partial charge in [-0.1, -0.05) is 23.2 Å². The monoisotopic (exact) mass is 322 g/mol. The van der Waals surface area contributed by atoms with E-state index >= 15 is 0 Å². The molecule has 0 spiro atoms. The Balaban J connectivity index is 1.89. The Morgan fingerprint density at radius 2 is 1.86 bits per heavy atom. The summed E-state index contributed by atoms with van der Waals surface area (Å²) in [6.07, 6.45) is 0. The van der Waals surface area contributed by atoms with E-state index in [4.69, 9.17) is 27.9 Å². The Bertz CT molecular complexity index is 778. The van der Waals surface area contributed by atoms with Crippen molar-refractivity contribution in [1.82, 2.24) is 20.6 Å². The van der Waals surface area contributed by atoms with Crippen LogP contribution in [-0.4, -0.2) is 25.7 Å². The summed E-state index contributed by atoms with van der Waals surface area (Å²) in [6.45, 7) is 0. The van der Waals surface area contributed by atoms with E-state index in [1.54, 1.807) is 30.3 Å². The number of aromatic amines is 1. The number of aromatic hydroxyl groups is 1. The van der Waals surface area contributed by atoms with Crippen LogP contribution >= 0.6 is 23.2 Å². The van der Waals surface area contributed by atoms with Gasteiger partial charge in [-0.3, -0.25) is 0 Å². The average molecular weight is 323 g/mol. The van der Waals surface area contributed by atoms with Crippen LogP contribution in [0.3, 0.4) is 0 Å². The third-order valence-corrected chi connectivity index (χ3v) is 3.21. The van der Waals surface area contributed by atoms with E-state index in [9.17, 15) is 5.11 Å². The summed E-state index contributed by atoms with van der Waals surface area (Å²) in [5, 5.41) is 24.3. The van der Waals surface area contributed by atoms with E-state index < -0.39 is 0 Å². The molecule has 0 radical (unpaired) electrons. The van der Waals surface area contributed by atoms with Crippen molar-refractivity contribution in [2.45, 2.75) is 0 Å². The summed E-state index contributed by atoms with van der Waals surface area (Å²) in [5.74, 6) is 0.958. The molecule has 0 atom stereocenters. The Hall–Kier alpha value is -2.31. The summed E-state index contributed by atoms with van der Waals surface area (Å²) in [5.41, 5.74) is 0.607. The molecule has 21 heavy (non-hydrogen) atoms. The lowest BCUT2D eigenvalue weighted by molar-refractivity contribution is 0.411. The molecule has 6 nitrogen and oxygen atoms in total. The minimum atomic E-state index is -0.0664. The van der Waals surface area contributed by atoms with Gasteiger partial charge in [0, 0.05) is 10.6 Å².